The van der Waals surface area contributed by atoms with Crippen LogP contribution in [0.3, 0.4) is 0 Å². The van der Waals surface area contributed by atoms with Gasteiger partial charge in [-0.2, -0.15) is 0 Å². The number of benzene rings is 1. The highest BCUT2D eigenvalue weighted by atomic mass is 19.1. The van der Waals surface area contributed by atoms with Crippen molar-refractivity contribution in [3.05, 3.63) is 41.7 Å². The van der Waals surface area contributed by atoms with Crippen LogP contribution in [0.25, 0.3) is 0 Å². The summed E-state index contributed by atoms with van der Waals surface area (Å²) in [7, 11) is 1.94. The molecule has 2 heterocycles. The lowest BCUT2D eigenvalue weighted by molar-refractivity contribution is 0.191. The number of rotatable bonds is 10. The largest absolute Gasteiger partial charge is 0.486 e. The standard InChI is InChI=1S/C23H36FN7O/c1-5-19(32-21-12-8-7-11-20(21)24)15-26-23(25-14-18-10-9-13-31(18)6-2)27-16-22-29-28-17(3)30(22)4/h7-8,11-12,18-19H,5-6,9-10,13-16H2,1-4H3,(H2,25,26,27). The van der Waals surface area contributed by atoms with E-state index in [-0.39, 0.29) is 17.7 Å². The second-order valence-electron chi connectivity index (χ2n) is 8.15. The first-order chi connectivity index (χ1) is 15.5. The van der Waals surface area contributed by atoms with Crippen LogP contribution < -0.4 is 15.4 Å². The van der Waals surface area contributed by atoms with Gasteiger partial charge in [-0.25, -0.2) is 9.38 Å². The molecule has 2 unspecified atom stereocenters. The van der Waals surface area contributed by atoms with Gasteiger partial charge in [0.2, 0.25) is 0 Å². The van der Waals surface area contributed by atoms with Crippen LogP contribution in [0.15, 0.2) is 29.3 Å². The molecule has 1 aromatic heterocycles. The number of para-hydroxylation sites is 1. The maximum absolute atomic E-state index is 14.0. The van der Waals surface area contributed by atoms with Crippen LogP contribution >= 0.6 is 0 Å². The summed E-state index contributed by atoms with van der Waals surface area (Å²) in [5.41, 5.74) is 0. The van der Waals surface area contributed by atoms with Crippen LogP contribution in [0.2, 0.25) is 0 Å². The number of guanidine groups is 1. The quantitative estimate of drug-likeness (QED) is 0.432. The number of nitrogens with zero attached hydrogens (tertiary/aromatic N) is 5. The van der Waals surface area contributed by atoms with E-state index in [1.54, 1.807) is 18.2 Å². The lowest BCUT2D eigenvalue weighted by atomic mass is 10.2. The van der Waals surface area contributed by atoms with Gasteiger partial charge in [0.25, 0.3) is 0 Å². The molecule has 1 aliphatic rings. The molecule has 32 heavy (non-hydrogen) atoms. The number of halogens is 1. The van der Waals surface area contributed by atoms with E-state index >= 15 is 0 Å². The second-order valence-corrected chi connectivity index (χ2v) is 8.15. The summed E-state index contributed by atoms with van der Waals surface area (Å²) in [5, 5.41) is 15.2. The summed E-state index contributed by atoms with van der Waals surface area (Å²) in [6.07, 6.45) is 2.97. The van der Waals surface area contributed by atoms with Crippen LogP contribution in [0.1, 0.15) is 44.8 Å². The molecule has 2 aromatic rings. The molecule has 0 saturated carbocycles. The van der Waals surface area contributed by atoms with E-state index in [9.17, 15) is 4.39 Å². The van der Waals surface area contributed by atoms with Crippen molar-refractivity contribution in [3.63, 3.8) is 0 Å². The molecule has 0 spiro atoms. The fourth-order valence-corrected chi connectivity index (χ4v) is 3.87. The smallest absolute Gasteiger partial charge is 0.191 e. The molecule has 0 radical (unpaired) electrons. The number of likely N-dealkylation sites (tertiary alicyclic amines) is 1. The van der Waals surface area contributed by atoms with Gasteiger partial charge in [-0.15, -0.1) is 10.2 Å². The molecule has 0 amide bonds. The van der Waals surface area contributed by atoms with Crippen molar-refractivity contribution in [2.45, 2.75) is 58.7 Å². The summed E-state index contributed by atoms with van der Waals surface area (Å²) in [5.74, 6) is 2.27. The Hall–Kier alpha value is -2.68. The molecule has 2 atom stereocenters. The van der Waals surface area contributed by atoms with Gasteiger partial charge in [-0.1, -0.05) is 26.0 Å². The molecule has 1 aromatic carbocycles. The molecular formula is C23H36FN7O. The highest BCUT2D eigenvalue weighted by Crippen LogP contribution is 2.18. The van der Waals surface area contributed by atoms with Gasteiger partial charge >= 0.3 is 0 Å². The molecule has 3 rings (SSSR count). The third-order valence-electron chi connectivity index (χ3n) is 6.05. The lowest BCUT2D eigenvalue weighted by Crippen LogP contribution is -2.47. The van der Waals surface area contributed by atoms with Crippen molar-refractivity contribution in [2.24, 2.45) is 12.0 Å². The van der Waals surface area contributed by atoms with Gasteiger partial charge in [0.15, 0.2) is 23.4 Å². The number of ether oxygens (including phenoxy) is 1. The molecular weight excluding hydrogens is 409 g/mol. The van der Waals surface area contributed by atoms with E-state index in [2.05, 4.69) is 32.7 Å². The molecule has 176 valence electrons. The average molecular weight is 446 g/mol. The minimum atomic E-state index is -0.350. The van der Waals surface area contributed by atoms with Crippen molar-refractivity contribution in [2.75, 3.05) is 26.2 Å². The van der Waals surface area contributed by atoms with E-state index in [0.29, 0.717) is 25.1 Å². The first-order valence-corrected chi connectivity index (χ1v) is 11.5. The monoisotopic (exact) mass is 445 g/mol. The van der Waals surface area contributed by atoms with Gasteiger partial charge in [-0.3, -0.25) is 4.90 Å². The minimum absolute atomic E-state index is 0.186. The molecule has 2 N–H and O–H groups in total. The minimum Gasteiger partial charge on any atom is -0.486 e. The fourth-order valence-electron chi connectivity index (χ4n) is 3.87. The molecule has 1 saturated heterocycles. The molecule has 1 fully saturated rings. The van der Waals surface area contributed by atoms with Gasteiger partial charge < -0.3 is 19.9 Å². The first-order valence-electron chi connectivity index (χ1n) is 11.5. The Bertz CT molecular complexity index is 885. The van der Waals surface area contributed by atoms with Gasteiger partial charge in [0.05, 0.1) is 6.54 Å². The molecule has 1 aliphatic heterocycles. The number of likely N-dealkylation sites (N-methyl/N-ethyl adjacent to an activating group) is 1. The normalized spacial score (nSPS) is 18.0. The lowest BCUT2D eigenvalue weighted by Gasteiger charge is -2.25. The summed E-state index contributed by atoms with van der Waals surface area (Å²) < 4.78 is 21.8. The Kier molecular flexibility index (Phi) is 8.84. The predicted molar refractivity (Wildman–Crippen MR) is 124 cm³/mol. The number of hydrogen-bond donors (Lipinski definition) is 2. The van der Waals surface area contributed by atoms with Crippen LogP contribution in [0.4, 0.5) is 4.39 Å². The zero-order valence-corrected chi connectivity index (χ0v) is 19.6. The second kappa shape index (κ2) is 11.8. The third kappa shape index (κ3) is 6.41. The van der Waals surface area contributed by atoms with Gasteiger partial charge in [0, 0.05) is 19.6 Å². The SMILES string of the molecule is CCC(CNC(=NCc1nnc(C)n1C)NCC1CCCN1CC)Oc1ccccc1F. The van der Waals surface area contributed by atoms with Crippen molar-refractivity contribution in [1.29, 1.82) is 0 Å². The van der Waals surface area contributed by atoms with Gasteiger partial charge in [0.1, 0.15) is 18.5 Å². The molecule has 9 heteroatoms. The number of nitrogens with one attached hydrogen (secondary N) is 2. The van der Waals surface area contributed by atoms with Crippen LogP contribution in [0, 0.1) is 12.7 Å². The molecule has 0 bridgehead atoms. The van der Waals surface area contributed by atoms with E-state index in [0.717, 1.165) is 37.7 Å². The van der Waals surface area contributed by atoms with E-state index in [1.165, 1.54) is 18.9 Å². The fraction of sp³-hybridized carbons (Fsp3) is 0.609. The topological polar surface area (TPSA) is 79.6 Å². The Labute approximate surface area is 190 Å². The van der Waals surface area contributed by atoms with Crippen LogP contribution in [-0.2, 0) is 13.6 Å². The number of aliphatic imine (C=N–C) groups is 1. The zero-order valence-electron chi connectivity index (χ0n) is 19.6. The Morgan fingerprint density at radius 1 is 1.28 bits per heavy atom. The maximum atomic E-state index is 14.0. The van der Waals surface area contributed by atoms with Crippen molar-refractivity contribution >= 4 is 5.96 Å². The Morgan fingerprint density at radius 3 is 2.78 bits per heavy atom. The Balaban J connectivity index is 1.64. The van der Waals surface area contributed by atoms with E-state index in [4.69, 9.17) is 9.73 Å². The summed E-state index contributed by atoms with van der Waals surface area (Å²) >= 11 is 0. The predicted octanol–water partition coefficient (Wildman–Crippen LogP) is 2.64. The Morgan fingerprint density at radius 2 is 2.09 bits per heavy atom. The maximum Gasteiger partial charge on any atom is 0.191 e. The van der Waals surface area contributed by atoms with Crippen molar-refractivity contribution in [1.82, 2.24) is 30.3 Å². The summed E-state index contributed by atoms with van der Waals surface area (Å²) in [6, 6.07) is 7.00. The third-order valence-corrected chi connectivity index (χ3v) is 6.05. The van der Waals surface area contributed by atoms with Gasteiger partial charge in [-0.05, 0) is 51.4 Å². The number of hydrogen-bond acceptors (Lipinski definition) is 5. The van der Waals surface area contributed by atoms with Crippen LogP contribution in [-0.4, -0.2) is 63.9 Å². The average Bonchev–Trinajstić information content (AvgIpc) is 3.39. The molecule has 8 nitrogen and oxygen atoms in total. The summed E-state index contributed by atoms with van der Waals surface area (Å²) in [6.45, 7) is 10.1. The van der Waals surface area contributed by atoms with Crippen LogP contribution in [0.5, 0.6) is 5.75 Å². The number of aryl methyl sites for hydroxylation is 1. The highest BCUT2D eigenvalue weighted by Gasteiger charge is 2.23. The number of aromatic nitrogens is 3. The van der Waals surface area contributed by atoms with Crippen molar-refractivity contribution < 1.29 is 9.13 Å². The summed E-state index contributed by atoms with van der Waals surface area (Å²) in [4.78, 5) is 7.23. The first kappa shape index (κ1) is 24.0. The highest BCUT2D eigenvalue weighted by molar-refractivity contribution is 5.79. The van der Waals surface area contributed by atoms with E-state index < -0.39 is 0 Å². The zero-order chi connectivity index (χ0) is 22.9. The van der Waals surface area contributed by atoms with E-state index in [1.807, 2.05) is 25.5 Å². The van der Waals surface area contributed by atoms with Crippen molar-refractivity contribution in [3.8, 4) is 5.75 Å². The molecule has 0 aliphatic carbocycles.